The average molecular weight is 364 g/mol. The summed E-state index contributed by atoms with van der Waals surface area (Å²) in [5.41, 5.74) is 2.96. The lowest BCUT2D eigenvalue weighted by atomic mass is 9.70. The lowest BCUT2D eigenvalue weighted by Gasteiger charge is -2.36. The van der Waals surface area contributed by atoms with Crippen molar-refractivity contribution in [1.82, 2.24) is 0 Å². The van der Waals surface area contributed by atoms with Gasteiger partial charge in [-0.25, -0.2) is 4.79 Å². The quantitative estimate of drug-likeness (QED) is 0.442. The number of hydrogen-bond acceptors (Lipinski definition) is 3. The molecule has 2 bridgehead atoms. The van der Waals surface area contributed by atoms with Crippen LogP contribution in [-0.4, -0.2) is 17.0 Å². The SMILES string of the molecule is Cc1ccc(C(=O)O/N=C2/C[C@@H]3CC[C@]2(C)[C@@]3(C)CBr)cc1. The van der Waals surface area contributed by atoms with Gasteiger partial charge in [0.25, 0.3) is 0 Å². The minimum Gasteiger partial charge on any atom is -0.313 e. The molecule has 2 fully saturated rings. The first-order valence-corrected chi connectivity index (χ1v) is 8.94. The number of oxime groups is 1. The van der Waals surface area contributed by atoms with Gasteiger partial charge in [-0.3, -0.25) is 0 Å². The zero-order valence-corrected chi connectivity index (χ0v) is 14.9. The molecular formula is C18H22BrNO2. The normalized spacial score (nSPS) is 35.1. The smallest absolute Gasteiger partial charge is 0.313 e. The van der Waals surface area contributed by atoms with Crippen LogP contribution in [-0.2, 0) is 4.84 Å². The number of aryl methyl sites for hydroxylation is 1. The zero-order valence-electron chi connectivity index (χ0n) is 13.4. The number of carbonyl (C=O) groups is 1. The molecule has 0 radical (unpaired) electrons. The van der Waals surface area contributed by atoms with Crippen molar-refractivity contribution in [2.45, 2.75) is 40.0 Å². The van der Waals surface area contributed by atoms with Crippen molar-refractivity contribution in [2.24, 2.45) is 21.9 Å². The van der Waals surface area contributed by atoms with Gasteiger partial charge in [0.05, 0.1) is 11.3 Å². The summed E-state index contributed by atoms with van der Waals surface area (Å²) in [5, 5.41) is 5.23. The monoisotopic (exact) mass is 363 g/mol. The van der Waals surface area contributed by atoms with E-state index < -0.39 is 0 Å². The fourth-order valence-electron chi connectivity index (χ4n) is 4.01. The zero-order chi connectivity index (χ0) is 16.0. The van der Waals surface area contributed by atoms with Crippen LogP contribution < -0.4 is 0 Å². The standard InChI is InChI=1S/C18H22BrNO2/c1-12-4-6-13(7-5-12)16(21)22-20-15-10-14-8-9-17(15,2)18(14,3)11-19/h4-7,14H,8-11H2,1-3H3/b20-15-/t14-,17-,18-/m0/s1. The van der Waals surface area contributed by atoms with E-state index in [0.29, 0.717) is 11.5 Å². The molecule has 3 rings (SSSR count). The van der Waals surface area contributed by atoms with Crippen molar-refractivity contribution in [1.29, 1.82) is 0 Å². The van der Waals surface area contributed by atoms with Gasteiger partial charge in [0, 0.05) is 10.7 Å². The molecule has 0 spiro atoms. The Morgan fingerprint density at radius 1 is 1.36 bits per heavy atom. The summed E-state index contributed by atoms with van der Waals surface area (Å²) in [7, 11) is 0. The number of carbonyl (C=O) groups excluding carboxylic acids is 1. The minimum atomic E-state index is -0.376. The van der Waals surface area contributed by atoms with Gasteiger partial charge in [-0.1, -0.05) is 52.6 Å². The van der Waals surface area contributed by atoms with E-state index in [1.165, 1.54) is 6.42 Å². The Hall–Kier alpha value is -1.16. The minimum absolute atomic E-state index is 0.0364. The second kappa shape index (κ2) is 5.48. The Kier molecular flexibility index (Phi) is 3.92. The summed E-state index contributed by atoms with van der Waals surface area (Å²) < 4.78 is 0. The van der Waals surface area contributed by atoms with E-state index in [1.54, 1.807) is 12.1 Å². The molecule has 3 atom stereocenters. The van der Waals surface area contributed by atoms with E-state index in [1.807, 2.05) is 19.1 Å². The summed E-state index contributed by atoms with van der Waals surface area (Å²) in [6.45, 7) is 6.58. The summed E-state index contributed by atoms with van der Waals surface area (Å²) in [6, 6.07) is 7.38. The maximum atomic E-state index is 12.1. The largest absolute Gasteiger partial charge is 0.365 e. The van der Waals surface area contributed by atoms with Gasteiger partial charge in [0.2, 0.25) is 0 Å². The van der Waals surface area contributed by atoms with E-state index in [2.05, 4.69) is 34.9 Å². The average Bonchev–Trinajstić information content (AvgIpc) is 2.89. The molecule has 0 aliphatic heterocycles. The first-order chi connectivity index (χ1) is 10.4. The van der Waals surface area contributed by atoms with Crippen molar-refractivity contribution < 1.29 is 9.63 Å². The molecule has 0 amide bonds. The van der Waals surface area contributed by atoms with Crippen molar-refractivity contribution in [3.05, 3.63) is 35.4 Å². The number of rotatable bonds is 3. The first-order valence-electron chi connectivity index (χ1n) is 7.82. The van der Waals surface area contributed by atoms with E-state index >= 15 is 0 Å². The maximum Gasteiger partial charge on any atom is 0.365 e. The van der Waals surface area contributed by atoms with E-state index in [0.717, 1.165) is 29.4 Å². The van der Waals surface area contributed by atoms with E-state index in [4.69, 9.17) is 4.84 Å². The van der Waals surface area contributed by atoms with E-state index in [-0.39, 0.29) is 16.8 Å². The Bertz CT molecular complexity index is 624. The molecule has 0 aromatic heterocycles. The van der Waals surface area contributed by atoms with Crippen LogP contribution in [0.15, 0.2) is 29.4 Å². The van der Waals surface area contributed by atoms with Gasteiger partial charge < -0.3 is 4.84 Å². The second-order valence-corrected chi connectivity index (χ2v) is 7.67. The van der Waals surface area contributed by atoms with Gasteiger partial charge in [-0.2, -0.15) is 0 Å². The molecule has 0 N–H and O–H groups in total. The predicted octanol–water partition coefficient (Wildman–Crippen LogP) is 4.73. The molecule has 2 aliphatic carbocycles. The molecular weight excluding hydrogens is 342 g/mol. The van der Waals surface area contributed by atoms with Crippen LogP contribution >= 0.6 is 15.9 Å². The van der Waals surface area contributed by atoms with Crippen molar-refractivity contribution >= 4 is 27.6 Å². The topological polar surface area (TPSA) is 38.7 Å². The predicted molar refractivity (Wildman–Crippen MR) is 91.4 cm³/mol. The number of fused-ring (bicyclic) bond motifs is 2. The summed E-state index contributed by atoms with van der Waals surface area (Å²) in [6.07, 6.45) is 3.31. The highest BCUT2D eigenvalue weighted by atomic mass is 79.9. The van der Waals surface area contributed by atoms with Crippen LogP contribution in [0.3, 0.4) is 0 Å². The van der Waals surface area contributed by atoms with Crippen LogP contribution in [0.1, 0.15) is 49.0 Å². The number of benzene rings is 1. The fourth-order valence-corrected chi connectivity index (χ4v) is 5.09. The third-order valence-electron chi connectivity index (χ3n) is 6.03. The number of nitrogens with zero attached hydrogens (tertiary/aromatic N) is 1. The Balaban J connectivity index is 1.77. The number of hydrogen-bond donors (Lipinski definition) is 0. The van der Waals surface area contributed by atoms with Gasteiger partial charge in [0.15, 0.2) is 0 Å². The molecule has 0 saturated heterocycles. The highest BCUT2D eigenvalue weighted by Gasteiger charge is 2.62. The lowest BCUT2D eigenvalue weighted by Crippen LogP contribution is -2.36. The molecule has 2 saturated carbocycles. The molecule has 3 nitrogen and oxygen atoms in total. The Labute approximate surface area is 140 Å². The van der Waals surface area contributed by atoms with Crippen molar-refractivity contribution in [3.8, 4) is 0 Å². The van der Waals surface area contributed by atoms with Gasteiger partial charge in [0.1, 0.15) is 0 Å². The second-order valence-electron chi connectivity index (χ2n) is 7.11. The third kappa shape index (κ3) is 2.23. The van der Waals surface area contributed by atoms with Crippen LogP contribution in [0.2, 0.25) is 0 Å². The van der Waals surface area contributed by atoms with Crippen LogP contribution in [0.5, 0.6) is 0 Å². The Morgan fingerprint density at radius 2 is 2.05 bits per heavy atom. The van der Waals surface area contributed by atoms with Crippen LogP contribution in [0, 0.1) is 23.7 Å². The van der Waals surface area contributed by atoms with Crippen LogP contribution in [0.25, 0.3) is 0 Å². The summed E-state index contributed by atoms with van der Waals surface area (Å²) in [5.74, 6) is 0.258. The number of alkyl halides is 1. The van der Waals surface area contributed by atoms with Gasteiger partial charge in [-0.05, 0) is 49.7 Å². The fraction of sp³-hybridized carbons (Fsp3) is 0.556. The first kappa shape index (κ1) is 15.7. The highest BCUT2D eigenvalue weighted by molar-refractivity contribution is 9.09. The Morgan fingerprint density at radius 3 is 2.64 bits per heavy atom. The van der Waals surface area contributed by atoms with E-state index in [9.17, 15) is 4.79 Å². The van der Waals surface area contributed by atoms with Gasteiger partial charge in [-0.15, -0.1) is 0 Å². The maximum absolute atomic E-state index is 12.1. The summed E-state index contributed by atoms with van der Waals surface area (Å²) >= 11 is 3.68. The van der Waals surface area contributed by atoms with Crippen LogP contribution in [0.4, 0.5) is 0 Å². The molecule has 1 aromatic rings. The number of halogens is 1. The van der Waals surface area contributed by atoms with Gasteiger partial charge >= 0.3 is 5.97 Å². The molecule has 0 heterocycles. The third-order valence-corrected chi connectivity index (χ3v) is 7.20. The molecule has 1 aromatic carbocycles. The van der Waals surface area contributed by atoms with Crippen molar-refractivity contribution in [2.75, 3.05) is 5.33 Å². The molecule has 2 aliphatic rings. The molecule has 22 heavy (non-hydrogen) atoms. The highest BCUT2D eigenvalue weighted by Crippen LogP contribution is 2.64. The summed E-state index contributed by atoms with van der Waals surface area (Å²) in [4.78, 5) is 17.4. The molecule has 118 valence electrons. The van der Waals surface area contributed by atoms with Crippen molar-refractivity contribution in [3.63, 3.8) is 0 Å². The molecule has 4 heteroatoms. The lowest BCUT2D eigenvalue weighted by molar-refractivity contribution is 0.0508. The molecule has 0 unspecified atom stereocenters.